The highest BCUT2D eigenvalue weighted by Crippen LogP contribution is 2.38. The van der Waals surface area contributed by atoms with Crippen LogP contribution in [0.5, 0.6) is 0 Å². The number of aromatic amines is 1. The predicted molar refractivity (Wildman–Crippen MR) is 82.1 cm³/mol. The molecule has 110 valence electrons. The van der Waals surface area contributed by atoms with Gasteiger partial charge in [-0.05, 0) is 19.3 Å². The molecule has 0 spiro atoms. The fraction of sp³-hybridized carbons (Fsp3) is 0.467. The van der Waals surface area contributed by atoms with E-state index in [0.29, 0.717) is 6.61 Å². The van der Waals surface area contributed by atoms with E-state index in [0.717, 1.165) is 16.9 Å². The quantitative estimate of drug-likeness (QED) is 0.858. The molecule has 1 aliphatic heterocycles. The maximum Gasteiger partial charge on any atom is 0.494 e. The molecule has 1 aromatic carbocycles. The summed E-state index contributed by atoms with van der Waals surface area (Å²) in [7, 11) is -0.322. The molecule has 0 bridgehead atoms. The zero-order valence-electron chi connectivity index (χ0n) is 12.9. The van der Waals surface area contributed by atoms with E-state index < -0.39 is 0 Å². The van der Waals surface area contributed by atoms with E-state index in [1.807, 2.05) is 24.3 Å². The van der Waals surface area contributed by atoms with Gasteiger partial charge >= 0.3 is 7.12 Å². The number of rotatable bonds is 2. The van der Waals surface area contributed by atoms with Crippen molar-refractivity contribution in [1.82, 2.24) is 15.2 Å². The van der Waals surface area contributed by atoms with Gasteiger partial charge in [-0.15, -0.1) is 0 Å². The molecule has 2 heterocycles. The summed E-state index contributed by atoms with van der Waals surface area (Å²) in [5.41, 5.74) is 1.76. The Bertz CT molecular complexity index is 608. The number of H-pyrrole nitrogens is 1. The van der Waals surface area contributed by atoms with Crippen LogP contribution < -0.4 is 5.46 Å². The maximum atomic E-state index is 6.15. The van der Waals surface area contributed by atoms with Crippen LogP contribution in [-0.4, -0.2) is 34.5 Å². The Kier molecular flexibility index (Phi) is 3.38. The predicted octanol–water partition coefficient (Wildman–Crippen LogP) is 2.02. The van der Waals surface area contributed by atoms with Crippen molar-refractivity contribution in [3.63, 3.8) is 0 Å². The molecule has 0 unspecified atom stereocenters. The molecule has 5 nitrogen and oxygen atoms in total. The number of hydrogen-bond acceptors (Lipinski definition) is 4. The van der Waals surface area contributed by atoms with Crippen LogP contribution in [-0.2, 0) is 9.31 Å². The molecule has 1 aromatic heterocycles. The van der Waals surface area contributed by atoms with E-state index in [9.17, 15) is 0 Å². The molecule has 0 radical (unpaired) electrons. The fourth-order valence-electron chi connectivity index (χ4n) is 2.23. The van der Waals surface area contributed by atoms with Gasteiger partial charge in [-0.25, -0.2) is 4.98 Å². The zero-order chi connectivity index (χ0) is 15.1. The summed E-state index contributed by atoms with van der Waals surface area (Å²) in [5, 5.41) is 6.71. The highest BCUT2D eigenvalue weighted by Gasteiger charge is 2.46. The number of nitrogens with one attached hydrogen (secondary N) is 1. The summed E-state index contributed by atoms with van der Waals surface area (Å²) in [5.74, 6) is 0.758. The first-order valence-electron chi connectivity index (χ1n) is 7.14. The van der Waals surface area contributed by atoms with Crippen molar-refractivity contribution in [3.05, 3.63) is 30.6 Å². The molecule has 0 amide bonds. The van der Waals surface area contributed by atoms with Crippen LogP contribution in [0.25, 0.3) is 11.4 Å². The second kappa shape index (κ2) is 4.96. The maximum absolute atomic E-state index is 6.15. The van der Waals surface area contributed by atoms with Gasteiger partial charge in [0.15, 0.2) is 5.82 Å². The van der Waals surface area contributed by atoms with Gasteiger partial charge in [0.1, 0.15) is 6.33 Å². The Balaban J connectivity index is 1.79. The van der Waals surface area contributed by atoms with Crippen molar-refractivity contribution in [1.29, 1.82) is 0 Å². The topological polar surface area (TPSA) is 60.0 Å². The van der Waals surface area contributed by atoms with Gasteiger partial charge in [0.25, 0.3) is 0 Å². The average molecular weight is 285 g/mol. The second-order valence-electron chi connectivity index (χ2n) is 6.61. The largest absolute Gasteiger partial charge is 0.494 e. The van der Waals surface area contributed by atoms with Crippen LogP contribution in [0.2, 0.25) is 0 Å². The van der Waals surface area contributed by atoms with Crippen LogP contribution in [0.3, 0.4) is 0 Å². The fourth-order valence-corrected chi connectivity index (χ4v) is 2.23. The van der Waals surface area contributed by atoms with Crippen molar-refractivity contribution < 1.29 is 9.31 Å². The Hall–Kier alpha value is -1.66. The van der Waals surface area contributed by atoms with Crippen molar-refractivity contribution in [2.75, 3.05) is 6.61 Å². The number of nitrogens with zero attached hydrogens (tertiary/aromatic N) is 2. The van der Waals surface area contributed by atoms with Crippen molar-refractivity contribution in [3.8, 4) is 11.4 Å². The summed E-state index contributed by atoms with van der Waals surface area (Å²) < 4.78 is 12.0. The molecular weight excluding hydrogens is 265 g/mol. The van der Waals surface area contributed by atoms with E-state index in [4.69, 9.17) is 9.31 Å². The first-order valence-corrected chi connectivity index (χ1v) is 7.14. The van der Waals surface area contributed by atoms with Gasteiger partial charge < -0.3 is 9.31 Å². The summed E-state index contributed by atoms with van der Waals surface area (Å²) in [6.07, 6.45) is 1.50. The molecule has 1 N–H and O–H groups in total. The van der Waals surface area contributed by atoms with Crippen LogP contribution in [0.15, 0.2) is 30.6 Å². The second-order valence-corrected chi connectivity index (χ2v) is 6.61. The van der Waals surface area contributed by atoms with Gasteiger partial charge in [-0.1, -0.05) is 38.1 Å². The van der Waals surface area contributed by atoms with Crippen molar-refractivity contribution >= 4 is 12.6 Å². The van der Waals surface area contributed by atoms with Crippen LogP contribution in [0.1, 0.15) is 27.7 Å². The standard InChI is InChI=1S/C15H20BN3O2/c1-14(2)9-20-16(21-15(14,3)4)12-7-5-11(6-8-12)13-17-10-18-19-13/h5-8,10H,9H2,1-4H3,(H,17,18,19). The molecule has 21 heavy (non-hydrogen) atoms. The monoisotopic (exact) mass is 285 g/mol. The highest BCUT2D eigenvalue weighted by atomic mass is 16.6. The molecule has 0 atom stereocenters. The van der Waals surface area contributed by atoms with Gasteiger partial charge in [0.2, 0.25) is 0 Å². The lowest BCUT2D eigenvalue weighted by molar-refractivity contribution is -0.0937. The molecule has 1 aliphatic rings. The lowest BCUT2D eigenvalue weighted by Gasteiger charge is -2.47. The van der Waals surface area contributed by atoms with E-state index >= 15 is 0 Å². The van der Waals surface area contributed by atoms with E-state index in [1.165, 1.54) is 6.33 Å². The Labute approximate surface area is 125 Å². The average Bonchev–Trinajstić information content (AvgIpc) is 2.96. The molecule has 0 aliphatic carbocycles. The summed E-state index contributed by atoms with van der Waals surface area (Å²) in [6.45, 7) is 9.23. The molecule has 1 saturated heterocycles. The minimum absolute atomic E-state index is 0.0106. The summed E-state index contributed by atoms with van der Waals surface area (Å²) in [6, 6.07) is 8.01. The molecule has 0 saturated carbocycles. The number of benzene rings is 1. The van der Waals surface area contributed by atoms with Crippen LogP contribution in [0.4, 0.5) is 0 Å². The normalized spacial score (nSPS) is 20.5. The van der Waals surface area contributed by atoms with Gasteiger partial charge in [0.05, 0.1) is 5.60 Å². The Morgan fingerprint density at radius 1 is 1.14 bits per heavy atom. The molecular formula is C15H20BN3O2. The first kappa shape index (κ1) is 14.3. The number of hydrogen-bond donors (Lipinski definition) is 1. The highest BCUT2D eigenvalue weighted by molar-refractivity contribution is 6.61. The third-order valence-electron chi connectivity index (χ3n) is 4.50. The van der Waals surface area contributed by atoms with Gasteiger partial charge in [0, 0.05) is 17.6 Å². The van der Waals surface area contributed by atoms with E-state index in [2.05, 4.69) is 42.9 Å². The SMILES string of the molecule is CC1(C)COB(c2ccc(-c3ncn[nH]3)cc2)OC1(C)C. The lowest BCUT2D eigenvalue weighted by Crippen LogP contribution is -2.58. The first-order chi connectivity index (χ1) is 9.89. The van der Waals surface area contributed by atoms with Crippen molar-refractivity contribution in [2.24, 2.45) is 5.41 Å². The van der Waals surface area contributed by atoms with E-state index in [1.54, 1.807) is 0 Å². The summed E-state index contributed by atoms with van der Waals surface area (Å²) >= 11 is 0. The summed E-state index contributed by atoms with van der Waals surface area (Å²) in [4.78, 5) is 4.14. The molecule has 1 fully saturated rings. The van der Waals surface area contributed by atoms with Gasteiger partial charge in [-0.2, -0.15) is 5.10 Å². The van der Waals surface area contributed by atoms with Crippen LogP contribution in [0, 0.1) is 5.41 Å². The molecule has 2 aromatic rings. The number of aromatic nitrogens is 3. The molecule has 6 heteroatoms. The minimum Gasteiger partial charge on any atom is -0.407 e. The smallest absolute Gasteiger partial charge is 0.407 e. The minimum atomic E-state index is -0.322. The zero-order valence-corrected chi connectivity index (χ0v) is 12.9. The Morgan fingerprint density at radius 2 is 1.86 bits per heavy atom. The third kappa shape index (κ3) is 2.61. The van der Waals surface area contributed by atoms with Gasteiger partial charge in [-0.3, -0.25) is 5.10 Å². The van der Waals surface area contributed by atoms with E-state index in [-0.39, 0.29) is 18.1 Å². The van der Waals surface area contributed by atoms with Crippen molar-refractivity contribution in [2.45, 2.75) is 33.3 Å². The lowest BCUT2D eigenvalue weighted by atomic mass is 9.69. The molecule has 3 rings (SSSR count). The van der Waals surface area contributed by atoms with Crippen LogP contribution >= 0.6 is 0 Å². The Morgan fingerprint density at radius 3 is 2.43 bits per heavy atom. The third-order valence-corrected chi connectivity index (χ3v) is 4.50.